The minimum atomic E-state index is -3.86. The van der Waals surface area contributed by atoms with Gasteiger partial charge in [0.1, 0.15) is 11.5 Å². The average Bonchev–Trinajstić information content (AvgIpc) is 3.32. The Morgan fingerprint density at radius 2 is 1.88 bits per heavy atom. The Labute approximate surface area is 191 Å². The van der Waals surface area contributed by atoms with Crippen LogP contribution in [0.1, 0.15) is 46.1 Å². The number of aromatic nitrogens is 2. The third-order valence-corrected chi connectivity index (χ3v) is 6.65. The number of hydrogen-bond acceptors (Lipinski definition) is 7. The number of rotatable bonds is 5. The van der Waals surface area contributed by atoms with Gasteiger partial charge in [0.2, 0.25) is 10.0 Å². The Morgan fingerprint density at radius 1 is 1.15 bits per heavy atom. The highest BCUT2D eigenvalue weighted by molar-refractivity contribution is 7.89. The smallest absolute Gasteiger partial charge is 0.259 e. The number of amides is 1. The standard InChI is InChI=1S/C23H24N4O5S/c1-12-9-18(15(4)31-12)20-11-19(21-13(2)26-32-22(21)25-20)23(28)27(5)14(3)16-7-6-8-17(10-16)33(24,29)30/h6-11,14H,1-5H3,(H2,24,29,30). The summed E-state index contributed by atoms with van der Waals surface area (Å²) in [4.78, 5) is 19.7. The lowest BCUT2D eigenvalue weighted by Gasteiger charge is -2.26. The molecule has 2 N–H and O–H groups in total. The fourth-order valence-corrected chi connectivity index (χ4v) is 4.40. The highest BCUT2D eigenvalue weighted by atomic mass is 32.2. The molecule has 3 aromatic heterocycles. The van der Waals surface area contributed by atoms with Gasteiger partial charge in [-0.1, -0.05) is 17.3 Å². The largest absolute Gasteiger partial charge is 0.466 e. The molecule has 1 atom stereocenters. The van der Waals surface area contributed by atoms with Crippen molar-refractivity contribution in [2.24, 2.45) is 5.14 Å². The molecule has 33 heavy (non-hydrogen) atoms. The Kier molecular flexibility index (Phi) is 5.59. The van der Waals surface area contributed by atoms with Crippen molar-refractivity contribution in [2.45, 2.75) is 38.6 Å². The predicted octanol–water partition coefficient (Wildman–Crippen LogP) is 3.89. The molecule has 0 saturated heterocycles. The van der Waals surface area contributed by atoms with E-state index < -0.39 is 16.1 Å². The second kappa shape index (κ2) is 8.13. The van der Waals surface area contributed by atoms with Crippen LogP contribution >= 0.6 is 0 Å². The molecule has 1 aromatic carbocycles. The summed E-state index contributed by atoms with van der Waals surface area (Å²) in [6.07, 6.45) is 0. The molecule has 0 saturated carbocycles. The molecule has 0 aliphatic carbocycles. The first-order valence-electron chi connectivity index (χ1n) is 10.2. The van der Waals surface area contributed by atoms with Crippen LogP contribution in [0.3, 0.4) is 0 Å². The molecule has 0 bridgehead atoms. The second-order valence-electron chi connectivity index (χ2n) is 8.04. The Hall–Kier alpha value is -3.50. The molecule has 0 radical (unpaired) electrons. The van der Waals surface area contributed by atoms with Gasteiger partial charge < -0.3 is 13.8 Å². The topological polar surface area (TPSA) is 133 Å². The number of pyridine rings is 1. The summed E-state index contributed by atoms with van der Waals surface area (Å²) in [6, 6.07) is 9.35. The van der Waals surface area contributed by atoms with Crippen LogP contribution < -0.4 is 5.14 Å². The lowest BCUT2D eigenvalue weighted by atomic mass is 10.0. The first-order valence-corrected chi connectivity index (χ1v) is 11.8. The second-order valence-corrected chi connectivity index (χ2v) is 9.60. The van der Waals surface area contributed by atoms with E-state index in [9.17, 15) is 13.2 Å². The van der Waals surface area contributed by atoms with Crippen molar-refractivity contribution in [3.63, 3.8) is 0 Å². The number of benzene rings is 1. The van der Waals surface area contributed by atoms with Crippen LogP contribution in [-0.2, 0) is 10.0 Å². The van der Waals surface area contributed by atoms with Crippen molar-refractivity contribution < 1.29 is 22.2 Å². The van der Waals surface area contributed by atoms with E-state index in [1.165, 1.54) is 17.0 Å². The van der Waals surface area contributed by atoms with Crippen molar-refractivity contribution in [2.75, 3.05) is 7.05 Å². The van der Waals surface area contributed by atoms with Crippen LogP contribution in [0.5, 0.6) is 0 Å². The SMILES string of the molecule is Cc1cc(-c2cc(C(=O)N(C)C(C)c3cccc(S(N)(=O)=O)c3)c3c(C)noc3n2)c(C)o1. The van der Waals surface area contributed by atoms with Gasteiger partial charge in [-0.05, 0) is 57.5 Å². The number of nitrogens with zero attached hydrogens (tertiary/aromatic N) is 3. The van der Waals surface area contributed by atoms with Gasteiger partial charge in [-0.2, -0.15) is 0 Å². The molecule has 1 unspecified atom stereocenters. The van der Waals surface area contributed by atoms with E-state index in [2.05, 4.69) is 10.1 Å². The average molecular weight is 469 g/mol. The van der Waals surface area contributed by atoms with Crippen molar-refractivity contribution in [1.29, 1.82) is 0 Å². The van der Waals surface area contributed by atoms with Crippen molar-refractivity contribution in [3.8, 4) is 11.3 Å². The van der Waals surface area contributed by atoms with E-state index in [1.54, 1.807) is 32.2 Å². The lowest BCUT2D eigenvalue weighted by molar-refractivity contribution is 0.0744. The molecule has 0 aliphatic rings. The summed E-state index contributed by atoms with van der Waals surface area (Å²) in [5.74, 6) is 1.11. The number of carbonyl (C=O) groups excluding carboxylic acids is 1. The molecule has 0 fully saturated rings. The molecular formula is C23H24N4O5S. The Bertz CT molecular complexity index is 1490. The molecule has 9 nitrogen and oxygen atoms in total. The van der Waals surface area contributed by atoms with E-state index in [1.807, 2.05) is 26.8 Å². The van der Waals surface area contributed by atoms with Gasteiger partial charge in [0, 0.05) is 12.6 Å². The highest BCUT2D eigenvalue weighted by Gasteiger charge is 2.26. The number of sulfonamides is 1. The maximum absolute atomic E-state index is 13.6. The number of primary sulfonamides is 1. The third kappa shape index (κ3) is 4.14. The molecular weight excluding hydrogens is 444 g/mol. The predicted molar refractivity (Wildman–Crippen MR) is 122 cm³/mol. The fraction of sp³-hybridized carbons (Fsp3) is 0.261. The maximum Gasteiger partial charge on any atom is 0.259 e. The molecule has 1 amide bonds. The van der Waals surface area contributed by atoms with Gasteiger partial charge >= 0.3 is 0 Å². The maximum atomic E-state index is 13.6. The summed E-state index contributed by atoms with van der Waals surface area (Å²) < 4.78 is 34.5. The fourth-order valence-electron chi connectivity index (χ4n) is 3.83. The van der Waals surface area contributed by atoms with E-state index in [-0.39, 0.29) is 16.5 Å². The van der Waals surface area contributed by atoms with Gasteiger partial charge in [-0.15, -0.1) is 0 Å². The molecule has 0 aliphatic heterocycles. The summed E-state index contributed by atoms with van der Waals surface area (Å²) >= 11 is 0. The minimum absolute atomic E-state index is 0.0121. The van der Waals surface area contributed by atoms with E-state index in [0.717, 1.165) is 11.3 Å². The first kappa shape index (κ1) is 22.7. The monoisotopic (exact) mass is 468 g/mol. The van der Waals surface area contributed by atoms with Crippen LogP contribution in [0, 0.1) is 20.8 Å². The van der Waals surface area contributed by atoms with Gasteiger partial charge in [0.15, 0.2) is 0 Å². The third-order valence-electron chi connectivity index (χ3n) is 5.73. The normalized spacial score (nSPS) is 12.8. The quantitative estimate of drug-likeness (QED) is 0.470. The molecule has 3 heterocycles. The first-order chi connectivity index (χ1) is 15.5. The van der Waals surface area contributed by atoms with Crippen LogP contribution in [0.25, 0.3) is 22.4 Å². The van der Waals surface area contributed by atoms with Crippen LogP contribution in [0.15, 0.2) is 50.2 Å². The van der Waals surface area contributed by atoms with Gasteiger partial charge in [-0.25, -0.2) is 18.5 Å². The van der Waals surface area contributed by atoms with E-state index >= 15 is 0 Å². The molecule has 4 aromatic rings. The lowest BCUT2D eigenvalue weighted by Crippen LogP contribution is -2.30. The molecule has 0 spiro atoms. The van der Waals surface area contributed by atoms with E-state index in [4.69, 9.17) is 14.1 Å². The van der Waals surface area contributed by atoms with Gasteiger partial charge in [0.25, 0.3) is 11.6 Å². The highest BCUT2D eigenvalue weighted by Crippen LogP contribution is 2.32. The zero-order valence-corrected chi connectivity index (χ0v) is 19.7. The molecule has 172 valence electrons. The number of fused-ring (bicyclic) bond motifs is 1. The Balaban J connectivity index is 1.79. The number of aryl methyl sites for hydroxylation is 3. The van der Waals surface area contributed by atoms with Gasteiger partial charge in [0.05, 0.1) is 33.3 Å². The van der Waals surface area contributed by atoms with Crippen LogP contribution in [0.2, 0.25) is 0 Å². The summed E-state index contributed by atoms with van der Waals surface area (Å²) in [6.45, 7) is 7.22. The van der Waals surface area contributed by atoms with E-state index in [0.29, 0.717) is 33.7 Å². The number of furan rings is 1. The minimum Gasteiger partial charge on any atom is -0.466 e. The summed E-state index contributed by atoms with van der Waals surface area (Å²) in [7, 11) is -2.21. The summed E-state index contributed by atoms with van der Waals surface area (Å²) in [5, 5.41) is 9.78. The summed E-state index contributed by atoms with van der Waals surface area (Å²) in [5.41, 5.74) is 3.10. The Morgan fingerprint density at radius 3 is 2.52 bits per heavy atom. The van der Waals surface area contributed by atoms with Crippen molar-refractivity contribution in [3.05, 3.63) is 64.7 Å². The zero-order chi connectivity index (χ0) is 24.1. The number of carbonyl (C=O) groups is 1. The zero-order valence-electron chi connectivity index (χ0n) is 18.9. The number of hydrogen-bond donors (Lipinski definition) is 1. The van der Waals surface area contributed by atoms with Crippen LogP contribution in [-0.4, -0.2) is 36.4 Å². The molecule has 4 rings (SSSR count). The van der Waals surface area contributed by atoms with Crippen molar-refractivity contribution >= 4 is 27.0 Å². The van der Waals surface area contributed by atoms with Crippen LogP contribution in [0.4, 0.5) is 0 Å². The number of nitrogens with two attached hydrogens (primary N) is 1. The van der Waals surface area contributed by atoms with Gasteiger partial charge in [-0.3, -0.25) is 4.79 Å². The molecule has 10 heteroatoms. The van der Waals surface area contributed by atoms with Crippen molar-refractivity contribution in [1.82, 2.24) is 15.0 Å².